The predicted molar refractivity (Wildman–Crippen MR) is 99.6 cm³/mol. The Morgan fingerprint density at radius 2 is 1.84 bits per heavy atom. The molecule has 1 atom stereocenters. The van der Waals surface area contributed by atoms with Crippen molar-refractivity contribution in [3.63, 3.8) is 0 Å². The Kier molecular flexibility index (Phi) is 6.03. The molecule has 0 radical (unpaired) electrons. The molecule has 0 saturated carbocycles. The van der Waals surface area contributed by atoms with E-state index in [2.05, 4.69) is 10.0 Å². The van der Waals surface area contributed by atoms with Gasteiger partial charge in [-0.25, -0.2) is 8.42 Å². The van der Waals surface area contributed by atoms with Gasteiger partial charge in [0.15, 0.2) is 0 Å². The van der Waals surface area contributed by atoms with Crippen LogP contribution in [-0.4, -0.2) is 27.7 Å². The number of amides is 1. The number of nitrogens with one attached hydrogen (secondary N) is 2. The highest BCUT2D eigenvalue weighted by Gasteiger charge is 2.19. The van der Waals surface area contributed by atoms with Crippen molar-refractivity contribution in [3.05, 3.63) is 54.1 Å². The quantitative estimate of drug-likeness (QED) is 0.792. The summed E-state index contributed by atoms with van der Waals surface area (Å²) in [5.41, 5.74) is 1.70. The van der Waals surface area contributed by atoms with E-state index in [0.717, 1.165) is 11.8 Å². The molecule has 7 heteroatoms. The van der Waals surface area contributed by atoms with Crippen LogP contribution in [0.15, 0.2) is 48.5 Å². The summed E-state index contributed by atoms with van der Waals surface area (Å²) in [5.74, 6) is -0.0580. The summed E-state index contributed by atoms with van der Waals surface area (Å²) in [7, 11) is -2.01. The lowest BCUT2D eigenvalue weighted by molar-refractivity contribution is -0.117. The molecule has 2 aromatic rings. The Morgan fingerprint density at radius 3 is 2.40 bits per heavy atom. The first-order chi connectivity index (χ1) is 11.8. The topological polar surface area (TPSA) is 84.5 Å². The smallest absolute Gasteiger partial charge is 0.231 e. The number of rotatable bonds is 7. The van der Waals surface area contributed by atoms with E-state index in [1.54, 1.807) is 12.1 Å². The average Bonchev–Trinajstić information content (AvgIpc) is 2.55. The van der Waals surface area contributed by atoms with Crippen molar-refractivity contribution < 1.29 is 17.9 Å². The van der Waals surface area contributed by atoms with Gasteiger partial charge in [0.25, 0.3) is 0 Å². The Morgan fingerprint density at radius 1 is 1.16 bits per heavy atom. The fourth-order valence-electron chi connectivity index (χ4n) is 2.55. The molecule has 0 spiro atoms. The molecular formula is C18H22N2O4S. The van der Waals surface area contributed by atoms with Crippen LogP contribution < -0.4 is 14.8 Å². The molecule has 2 aromatic carbocycles. The summed E-state index contributed by atoms with van der Waals surface area (Å²) in [5, 5.41) is 2.84. The molecule has 2 rings (SSSR count). The van der Waals surface area contributed by atoms with Crippen LogP contribution in [-0.2, 0) is 14.8 Å². The van der Waals surface area contributed by atoms with Crippen LogP contribution >= 0.6 is 0 Å². The van der Waals surface area contributed by atoms with E-state index in [-0.39, 0.29) is 17.5 Å². The summed E-state index contributed by atoms with van der Waals surface area (Å²) >= 11 is 0. The minimum atomic E-state index is -3.46. The molecule has 25 heavy (non-hydrogen) atoms. The number of ether oxygens (including phenoxy) is 1. The molecule has 2 N–H and O–H groups in total. The van der Waals surface area contributed by atoms with Crippen LogP contribution in [0.2, 0.25) is 0 Å². The van der Waals surface area contributed by atoms with Crippen molar-refractivity contribution >= 4 is 27.3 Å². The third-order valence-electron chi connectivity index (χ3n) is 3.69. The molecule has 0 unspecified atom stereocenters. The zero-order chi connectivity index (χ0) is 18.4. The Balaban J connectivity index is 2.24. The highest BCUT2D eigenvalue weighted by atomic mass is 32.2. The van der Waals surface area contributed by atoms with Gasteiger partial charge >= 0.3 is 0 Å². The molecule has 1 amide bonds. The first-order valence-corrected chi connectivity index (χ1v) is 9.75. The van der Waals surface area contributed by atoms with E-state index in [1.807, 2.05) is 37.3 Å². The summed E-state index contributed by atoms with van der Waals surface area (Å²) in [4.78, 5) is 12.6. The van der Waals surface area contributed by atoms with Crippen molar-refractivity contribution in [3.8, 4) is 5.75 Å². The summed E-state index contributed by atoms with van der Waals surface area (Å²) in [6.07, 6.45) is 1.71. The Hall–Kier alpha value is -2.54. The molecule has 0 aromatic heterocycles. The Bertz CT molecular complexity index is 835. The van der Waals surface area contributed by atoms with Gasteiger partial charge in [0, 0.05) is 5.69 Å². The number of hydrogen-bond donors (Lipinski definition) is 2. The maximum Gasteiger partial charge on any atom is 0.231 e. The predicted octanol–water partition coefficient (Wildman–Crippen LogP) is 3.20. The SMILES string of the molecule is CC[C@@H](C(=O)Nc1ccc(OC)c(NS(C)(=O)=O)c1)c1ccccc1. The van der Waals surface area contributed by atoms with Crippen LogP contribution in [0.4, 0.5) is 11.4 Å². The maximum atomic E-state index is 12.6. The van der Waals surface area contributed by atoms with Gasteiger partial charge < -0.3 is 10.1 Å². The lowest BCUT2D eigenvalue weighted by Gasteiger charge is -2.17. The minimum Gasteiger partial charge on any atom is -0.495 e. The molecule has 0 aliphatic rings. The highest BCUT2D eigenvalue weighted by molar-refractivity contribution is 7.92. The summed E-state index contributed by atoms with van der Waals surface area (Å²) < 4.78 is 30.5. The molecule has 0 aliphatic carbocycles. The number of methoxy groups -OCH3 is 1. The van der Waals surface area contributed by atoms with E-state index >= 15 is 0 Å². The van der Waals surface area contributed by atoms with Crippen molar-refractivity contribution in [2.24, 2.45) is 0 Å². The molecule has 0 saturated heterocycles. The van der Waals surface area contributed by atoms with E-state index in [1.165, 1.54) is 13.2 Å². The monoisotopic (exact) mass is 362 g/mol. The van der Waals surface area contributed by atoms with Gasteiger partial charge in [-0.15, -0.1) is 0 Å². The molecule has 0 fully saturated rings. The third-order valence-corrected chi connectivity index (χ3v) is 4.28. The Labute approximate surface area is 148 Å². The van der Waals surface area contributed by atoms with Crippen LogP contribution in [0, 0.1) is 0 Å². The number of anilines is 2. The minimum absolute atomic E-state index is 0.149. The largest absolute Gasteiger partial charge is 0.495 e. The van der Waals surface area contributed by atoms with Crippen LogP contribution in [0.3, 0.4) is 0 Å². The molecule has 0 heterocycles. The lowest BCUT2D eigenvalue weighted by Crippen LogP contribution is -2.21. The van der Waals surface area contributed by atoms with Crippen molar-refractivity contribution in [1.82, 2.24) is 0 Å². The fourth-order valence-corrected chi connectivity index (χ4v) is 3.11. The number of benzene rings is 2. The van der Waals surface area contributed by atoms with Gasteiger partial charge in [0.1, 0.15) is 5.75 Å². The van der Waals surface area contributed by atoms with Crippen molar-refractivity contribution in [2.75, 3.05) is 23.4 Å². The van der Waals surface area contributed by atoms with Crippen LogP contribution in [0.25, 0.3) is 0 Å². The standard InChI is InChI=1S/C18H22N2O4S/c1-4-15(13-8-6-5-7-9-13)18(21)19-14-10-11-17(24-2)16(12-14)20-25(3,22)23/h5-12,15,20H,4H2,1-3H3,(H,19,21)/t15-/m1/s1. The highest BCUT2D eigenvalue weighted by Crippen LogP contribution is 2.29. The van der Waals surface area contributed by atoms with Gasteiger partial charge in [0.2, 0.25) is 15.9 Å². The normalized spacial score (nSPS) is 12.3. The first kappa shape index (κ1) is 18.8. The van der Waals surface area contributed by atoms with Gasteiger partial charge in [-0.3, -0.25) is 9.52 Å². The van der Waals surface area contributed by atoms with E-state index < -0.39 is 10.0 Å². The van der Waals surface area contributed by atoms with Gasteiger partial charge in [-0.05, 0) is 30.2 Å². The molecule has 0 aliphatic heterocycles. The second-order valence-electron chi connectivity index (χ2n) is 5.65. The summed E-state index contributed by atoms with van der Waals surface area (Å²) in [6, 6.07) is 14.3. The van der Waals surface area contributed by atoms with Crippen molar-refractivity contribution in [2.45, 2.75) is 19.3 Å². The molecular weight excluding hydrogens is 340 g/mol. The first-order valence-electron chi connectivity index (χ1n) is 7.85. The number of hydrogen-bond acceptors (Lipinski definition) is 4. The van der Waals surface area contributed by atoms with Crippen molar-refractivity contribution in [1.29, 1.82) is 0 Å². The number of carbonyl (C=O) groups is 1. The lowest BCUT2D eigenvalue weighted by atomic mass is 9.95. The second-order valence-corrected chi connectivity index (χ2v) is 7.40. The average molecular weight is 362 g/mol. The van der Waals surface area contributed by atoms with Gasteiger partial charge in [0.05, 0.1) is 25.0 Å². The van der Waals surface area contributed by atoms with E-state index in [0.29, 0.717) is 17.9 Å². The summed E-state index contributed by atoms with van der Waals surface area (Å²) in [6.45, 7) is 1.95. The van der Waals surface area contributed by atoms with Gasteiger partial charge in [-0.1, -0.05) is 37.3 Å². The van der Waals surface area contributed by atoms with Crippen LogP contribution in [0.1, 0.15) is 24.8 Å². The maximum absolute atomic E-state index is 12.6. The second kappa shape index (κ2) is 8.02. The zero-order valence-electron chi connectivity index (χ0n) is 14.4. The number of carbonyl (C=O) groups excluding carboxylic acids is 1. The van der Waals surface area contributed by atoms with Crippen LogP contribution in [0.5, 0.6) is 5.75 Å². The molecule has 6 nitrogen and oxygen atoms in total. The van der Waals surface area contributed by atoms with Gasteiger partial charge in [-0.2, -0.15) is 0 Å². The third kappa shape index (κ3) is 5.22. The zero-order valence-corrected chi connectivity index (χ0v) is 15.3. The number of sulfonamides is 1. The van der Waals surface area contributed by atoms with E-state index in [9.17, 15) is 13.2 Å². The fraction of sp³-hybridized carbons (Fsp3) is 0.278. The molecule has 134 valence electrons. The molecule has 0 bridgehead atoms. The van der Waals surface area contributed by atoms with E-state index in [4.69, 9.17) is 4.74 Å².